The van der Waals surface area contributed by atoms with Gasteiger partial charge >= 0.3 is 6.03 Å². The van der Waals surface area contributed by atoms with Gasteiger partial charge in [0.2, 0.25) is 0 Å². The maximum Gasteiger partial charge on any atom is 0.321 e. The molecule has 2 aromatic carbocycles. The van der Waals surface area contributed by atoms with Crippen molar-refractivity contribution in [1.82, 2.24) is 14.8 Å². The van der Waals surface area contributed by atoms with E-state index in [1.54, 1.807) is 23.5 Å². The molecule has 8 heteroatoms. The summed E-state index contributed by atoms with van der Waals surface area (Å²) in [5.41, 5.74) is 2.75. The fraction of sp³-hybridized carbons (Fsp3) is 0.238. The molecule has 0 radical (unpaired) electrons. The Morgan fingerprint density at radius 2 is 1.79 bits per heavy atom. The van der Waals surface area contributed by atoms with Gasteiger partial charge in [-0.1, -0.05) is 41.4 Å². The lowest BCUT2D eigenvalue weighted by atomic mass is 10.2. The highest BCUT2D eigenvalue weighted by atomic mass is 35.5. The summed E-state index contributed by atoms with van der Waals surface area (Å²) >= 11 is 13.6. The van der Waals surface area contributed by atoms with E-state index in [1.165, 1.54) is 0 Å². The number of thiazole rings is 1. The van der Waals surface area contributed by atoms with Gasteiger partial charge in [-0.15, -0.1) is 11.3 Å². The number of urea groups is 1. The zero-order chi connectivity index (χ0) is 20.2. The molecule has 0 atom stereocenters. The van der Waals surface area contributed by atoms with Crippen LogP contribution in [0.1, 0.15) is 5.01 Å². The van der Waals surface area contributed by atoms with Gasteiger partial charge in [0.15, 0.2) is 0 Å². The summed E-state index contributed by atoms with van der Waals surface area (Å²) in [5.74, 6) is 0. The summed E-state index contributed by atoms with van der Waals surface area (Å²) in [6, 6.07) is 14.8. The smallest absolute Gasteiger partial charge is 0.321 e. The van der Waals surface area contributed by atoms with Crippen molar-refractivity contribution in [2.45, 2.75) is 6.54 Å². The third-order valence-electron chi connectivity index (χ3n) is 4.79. The maximum absolute atomic E-state index is 12.5. The maximum atomic E-state index is 12.5. The second-order valence-electron chi connectivity index (χ2n) is 6.84. The molecule has 1 saturated heterocycles. The number of anilines is 1. The Bertz CT molecular complexity index is 984. The van der Waals surface area contributed by atoms with Gasteiger partial charge in [-0.3, -0.25) is 4.90 Å². The number of benzene rings is 2. The zero-order valence-corrected chi connectivity index (χ0v) is 18.0. The van der Waals surface area contributed by atoms with E-state index >= 15 is 0 Å². The van der Waals surface area contributed by atoms with Gasteiger partial charge < -0.3 is 10.2 Å². The van der Waals surface area contributed by atoms with Crippen LogP contribution in [-0.4, -0.2) is 47.0 Å². The van der Waals surface area contributed by atoms with Crippen LogP contribution in [0.5, 0.6) is 0 Å². The minimum Gasteiger partial charge on any atom is -0.322 e. The third kappa shape index (κ3) is 5.28. The van der Waals surface area contributed by atoms with E-state index in [0.717, 1.165) is 40.9 Å². The molecule has 3 aromatic rings. The van der Waals surface area contributed by atoms with Crippen molar-refractivity contribution in [2.24, 2.45) is 0 Å². The second-order valence-corrected chi connectivity index (χ2v) is 8.65. The Morgan fingerprint density at radius 3 is 2.52 bits per heavy atom. The Morgan fingerprint density at radius 1 is 1.03 bits per heavy atom. The second kappa shape index (κ2) is 9.13. The fourth-order valence-electron chi connectivity index (χ4n) is 3.21. The van der Waals surface area contributed by atoms with E-state index in [1.807, 2.05) is 41.3 Å². The molecule has 1 fully saturated rings. The summed E-state index contributed by atoms with van der Waals surface area (Å²) in [6.45, 7) is 3.79. The van der Waals surface area contributed by atoms with Crippen LogP contribution in [0.25, 0.3) is 11.3 Å². The molecular weight excluding hydrogens is 427 g/mol. The summed E-state index contributed by atoms with van der Waals surface area (Å²) in [7, 11) is 0. The van der Waals surface area contributed by atoms with E-state index < -0.39 is 0 Å². The molecule has 1 N–H and O–H groups in total. The molecule has 0 spiro atoms. The van der Waals surface area contributed by atoms with Crippen LogP contribution < -0.4 is 5.32 Å². The van der Waals surface area contributed by atoms with Gasteiger partial charge in [0, 0.05) is 52.9 Å². The third-order valence-corrected chi connectivity index (χ3v) is 6.11. The normalized spacial score (nSPS) is 14.8. The van der Waals surface area contributed by atoms with Gasteiger partial charge in [0.05, 0.1) is 12.2 Å². The average Bonchev–Trinajstić information content (AvgIpc) is 3.17. The molecule has 4 rings (SSSR count). The first-order valence-corrected chi connectivity index (χ1v) is 10.9. The number of piperazine rings is 1. The molecule has 5 nitrogen and oxygen atoms in total. The van der Waals surface area contributed by atoms with E-state index in [4.69, 9.17) is 28.2 Å². The number of rotatable bonds is 4. The van der Waals surface area contributed by atoms with Crippen LogP contribution in [0.15, 0.2) is 53.9 Å². The first-order valence-electron chi connectivity index (χ1n) is 9.31. The number of nitrogens with zero attached hydrogens (tertiary/aromatic N) is 3. The number of carbonyl (C=O) groups is 1. The van der Waals surface area contributed by atoms with Crippen LogP contribution in [-0.2, 0) is 6.54 Å². The number of halogens is 2. The Kier molecular flexibility index (Phi) is 6.35. The molecule has 0 unspecified atom stereocenters. The standard InChI is InChI=1S/C21H20Cl2N4OS/c22-16-6-4-15(5-7-16)19-14-29-20(25-19)13-26-8-10-27(11-9-26)21(28)24-18-3-1-2-17(23)12-18/h1-7,12,14H,8-11,13H2,(H,24,28). The van der Waals surface area contributed by atoms with Crippen molar-refractivity contribution in [3.63, 3.8) is 0 Å². The Labute approximate surface area is 183 Å². The summed E-state index contributed by atoms with van der Waals surface area (Å²) in [4.78, 5) is 21.4. The highest BCUT2D eigenvalue weighted by Gasteiger charge is 2.22. The van der Waals surface area contributed by atoms with Crippen molar-refractivity contribution >= 4 is 46.3 Å². The lowest BCUT2D eigenvalue weighted by Crippen LogP contribution is -2.49. The van der Waals surface area contributed by atoms with E-state index in [-0.39, 0.29) is 6.03 Å². The molecule has 1 aliphatic heterocycles. The zero-order valence-electron chi connectivity index (χ0n) is 15.6. The summed E-state index contributed by atoms with van der Waals surface area (Å²) in [5, 5.41) is 7.39. The Balaban J connectivity index is 1.29. The van der Waals surface area contributed by atoms with Crippen LogP contribution in [0.2, 0.25) is 10.0 Å². The molecule has 1 aromatic heterocycles. The quantitative estimate of drug-likeness (QED) is 0.577. The summed E-state index contributed by atoms with van der Waals surface area (Å²) < 4.78 is 0. The number of nitrogens with one attached hydrogen (secondary N) is 1. The van der Waals surface area contributed by atoms with Crippen molar-refractivity contribution < 1.29 is 4.79 Å². The minimum atomic E-state index is -0.0915. The van der Waals surface area contributed by atoms with Crippen molar-refractivity contribution in [3.05, 3.63) is 69.0 Å². The lowest BCUT2D eigenvalue weighted by molar-refractivity contribution is 0.143. The average molecular weight is 447 g/mol. The van der Waals surface area contributed by atoms with E-state index in [9.17, 15) is 4.79 Å². The van der Waals surface area contributed by atoms with Gasteiger partial charge in [0.25, 0.3) is 0 Å². The van der Waals surface area contributed by atoms with Crippen LogP contribution in [0, 0.1) is 0 Å². The van der Waals surface area contributed by atoms with Crippen LogP contribution in [0.4, 0.5) is 10.5 Å². The fourth-order valence-corrected chi connectivity index (χ4v) is 4.37. The molecule has 0 aliphatic carbocycles. The molecule has 150 valence electrons. The predicted molar refractivity (Wildman–Crippen MR) is 120 cm³/mol. The molecule has 0 saturated carbocycles. The Hall–Kier alpha value is -2.12. The molecule has 2 heterocycles. The summed E-state index contributed by atoms with van der Waals surface area (Å²) in [6.07, 6.45) is 0. The monoisotopic (exact) mass is 446 g/mol. The van der Waals surface area contributed by atoms with Crippen LogP contribution >= 0.6 is 34.5 Å². The molecule has 2 amide bonds. The minimum absolute atomic E-state index is 0.0915. The van der Waals surface area contributed by atoms with Gasteiger partial charge in [-0.2, -0.15) is 0 Å². The van der Waals surface area contributed by atoms with E-state index in [0.29, 0.717) is 23.8 Å². The van der Waals surface area contributed by atoms with Gasteiger partial charge in [-0.25, -0.2) is 9.78 Å². The number of carbonyl (C=O) groups excluding carboxylic acids is 1. The molecule has 0 bridgehead atoms. The largest absolute Gasteiger partial charge is 0.322 e. The van der Waals surface area contributed by atoms with Crippen molar-refractivity contribution in [3.8, 4) is 11.3 Å². The predicted octanol–water partition coefficient (Wildman–Crippen LogP) is 5.47. The molecule has 1 aliphatic rings. The van der Waals surface area contributed by atoms with Crippen LogP contribution in [0.3, 0.4) is 0 Å². The molecule has 29 heavy (non-hydrogen) atoms. The highest BCUT2D eigenvalue weighted by Crippen LogP contribution is 2.24. The topological polar surface area (TPSA) is 48.5 Å². The number of hydrogen-bond donors (Lipinski definition) is 1. The first-order chi connectivity index (χ1) is 14.1. The van der Waals surface area contributed by atoms with Crippen molar-refractivity contribution in [2.75, 3.05) is 31.5 Å². The number of amides is 2. The number of aromatic nitrogens is 1. The van der Waals surface area contributed by atoms with Gasteiger partial charge in [0.1, 0.15) is 5.01 Å². The molecular formula is C21H20Cl2N4OS. The van der Waals surface area contributed by atoms with Crippen molar-refractivity contribution in [1.29, 1.82) is 0 Å². The van der Waals surface area contributed by atoms with E-state index in [2.05, 4.69) is 15.6 Å². The lowest BCUT2D eigenvalue weighted by Gasteiger charge is -2.34. The first kappa shape index (κ1) is 20.2. The highest BCUT2D eigenvalue weighted by molar-refractivity contribution is 7.09. The van der Waals surface area contributed by atoms with Gasteiger partial charge in [-0.05, 0) is 30.3 Å². The SMILES string of the molecule is O=C(Nc1cccc(Cl)c1)N1CCN(Cc2nc(-c3ccc(Cl)cc3)cs2)CC1. The number of hydrogen-bond acceptors (Lipinski definition) is 4.